The molecular weight excluding hydrogens is 348 g/mol. The monoisotopic (exact) mass is 366 g/mol. The van der Waals surface area contributed by atoms with Crippen molar-refractivity contribution in [2.75, 3.05) is 11.9 Å². The van der Waals surface area contributed by atoms with Crippen molar-refractivity contribution < 1.29 is 4.79 Å². The number of hydrogen-bond donors (Lipinski definition) is 2. The Bertz CT molecular complexity index is 896. The van der Waals surface area contributed by atoms with E-state index in [0.717, 1.165) is 16.8 Å². The van der Waals surface area contributed by atoms with E-state index in [2.05, 4.69) is 20.6 Å². The second-order valence-electron chi connectivity index (χ2n) is 5.93. The first kappa shape index (κ1) is 17.9. The van der Waals surface area contributed by atoms with Crippen LogP contribution in [0.4, 0.5) is 11.6 Å². The summed E-state index contributed by atoms with van der Waals surface area (Å²) in [6.45, 7) is 2.53. The molecule has 3 aromatic rings. The van der Waals surface area contributed by atoms with Crippen LogP contribution in [0.15, 0.2) is 60.9 Å². The zero-order chi connectivity index (χ0) is 18.4. The van der Waals surface area contributed by atoms with Crippen molar-refractivity contribution in [3.63, 3.8) is 0 Å². The zero-order valence-electron chi connectivity index (χ0n) is 14.4. The van der Waals surface area contributed by atoms with Crippen molar-refractivity contribution in [3.8, 4) is 0 Å². The fourth-order valence-corrected chi connectivity index (χ4v) is 2.69. The Labute approximate surface area is 157 Å². The second kappa shape index (κ2) is 8.45. The van der Waals surface area contributed by atoms with Crippen LogP contribution in [0.25, 0.3) is 0 Å². The van der Waals surface area contributed by atoms with Crippen molar-refractivity contribution in [2.24, 2.45) is 0 Å². The van der Waals surface area contributed by atoms with Gasteiger partial charge in [-0.2, -0.15) is 0 Å². The highest BCUT2D eigenvalue weighted by molar-refractivity contribution is 6.30. The summed E-state index contributed by atoms with van der Waals surface area (Å²) in [4.78, 5) is 20.6. The maximum atomic E-state index is 12.2. The summed E-state index contributed by atoms with van der Waals surface area (Å²) in [7, 11) is 0. The molecule has 0 unspecified atom stereocenters. The van der Waals surface area contributed by atoms with Gasteiger partial charge in [0, 0.05) is 29.6 Å². The molecule has 132 valence electrons. The quantitative estimate of drug-likeness (QED) is 0.687. The van der Waals surface area contributed by atoms with Crippen LogP contribution in [0, 0.1) is 6.92 Å². The minimum atomic E-state index is -0.200. The van der Waals surface area contributed by atoms with Gasteiger partial charge in [-0.1, -0.05) is 35.9 Å². The molecule has 3 rings (SSSR count). The number of carbonyl (C=O) groups is 1. The zero-order valence-corrected chi connectivity index (χ0v) is 15.1. The maximum Gasteiger partial charge on any atom is 0.254 e. The largest absolute Gasteiger partial charge is 0.352 e. The molecule has 0 saturated heterocycles. The van der Waals surface area contributed by atoms with Crippen molar-refractivity contribution >= 4 is 29.1 Å². The first-order valence-corrected chi connectivity index (χ1v) is 8.66. The standard InChI is InChI=1S/C20H19ClN4O/c1-14-4-2-7-18(10-14)25-20-23-12-16(13-24-20)19(26)22-9-8-15-5-3-6-17(21)11-15/h2-7,10-13H,8-9H2,1H3,(H,22,26)(H,23,24,25). The molecule has 26 heavy (non-hydrogen) atoms. The maximum absolute atomic E-state index is 12.2. The summed E-state index contributed by atoms with van der Waals surface area (Å²) in [6.07, 6.45) is 3.74. The van der Waals surface area contributed by atoms with Gasteiger partial charge in [-0.25, -0.2) is 9.97 Å². The molecular formula is C20H19ClN4O. The van der Waals surface area contributed by atoms with Gasteiger partial charge in [-0.05, 0) is 48.7 Å². The molecule has 0 radical (unpaired) electrons. The number of carbonyl (C=O) groups excluding carboxylic acids is 1. The van der Waals surface area contributed by atoms with E-state index in [-0.39, 0.29) is 5.91 Å². The SMILES string of the molecule is Cc1cccc(Nc2ncc(C(=O)NCCc3cccc(Cl)c3)cn2)c1. The van der Waals surface area contributed by atoms with Gasteiger partial charge in [0.2, 0.25) is 5.95 Å². The van der Waals surface area contributed by atoms with Gasteiger partial charge >= 0.3 is 0 Å². The van der Waals surface area contributed by atoms with Crippen molar-refractivity contribution in [2.45, 2.75) is 13.3 Å². The number of hydrogen-bond acceptors (Lipinski definition) is 4. The Morgan fingerprint density at radius 2 is 1.85 bits per heavy atom. The number of benzene rings is 2. The van der Waals surface area contributed by atoms with Crippen LogP contribution in [0.2, 0.25) is 5.02 Å². The van der Waals surface area contributed by atoms with Gasteiger partial charge in [0.15, 0.2) is 0 Å². The van der Waals surface area contributed by atoms with Crippen LogP contribution in [0.5, 0.6) is 0 Å². The van der Waals surface area contributed by atoms with E-state index in [1.165, 1.54) is 12.4 Å². The predicted molar refractivity (Wildman–Crippen MR) is 104 cm³/mol. The minimum absolute atomic E-state index is 0.200. The Morgan fingerprint density at radius 1 is 1.08 bits per heavy atom. The molecule has 0 spiro atoms. The lowest BCUT2D eigenvalue weighted by molar-refractivity contribution is 0.0953. The molecule has 5 nitrogen and oxygen atoms in total. The number of nitrogens with zero attached hydrogens (tertiary/aromatic N) is 2. The predicted octanol–water partition coefficient (Wildman–Crippen LogP) is 4.15. The fraction of sp³-hybridized carbons (Fsp3) is 0.150. The number of anilines is 2. The third-order valence-electron chi connectivity index (χ3n) is 3.78. The highest BCUT2D eigenvalue weighted by Crippen LogP contribution is 2.14. The van der Waals surface area contributed by atoms with Crippen LogP contribution in [-0.2, 0) is 6.42 Å². The van der Waals surface area contributed by atoms with Gasteiger partial charge in [-0.3, -0.25) is 4.79 Å². The van der Waals surface area contributed by atoms with Crippen LogP contribution in [-0.4, -0.2) is 22.4 Å². The van der Waals surface area contributed by atoms with Crippen molar-refractivity contribution in [1.29, 1.82) is 0 Å². The molecule has 0 aliphatic rings. The van der Waals surface area contributed by atoms with E-state index in [9.17, 15) is 4.79 Å². The number of nitrogens with one attached hydrogen (secondary N) is 2. The lowest BCUT2D eigenvalue weighted by Gasteiger charge is -2.07. The smallest absolute Gasteiger partial charge is 0.254 e. The molecule has 2 aromatic carbocycles. The van der Waals surface area contributed by atoms with E-state index in [4.69, 9.17) is 11.6 Å². The number of aromatic nitrogens is 2. The molecule has 1 aromatic heterocycles. The van der Waals surface area contributed by atoms with Crippen LogP contribution >= 0.6 is 11.6 Å². The fourth-order valence-electron chi connectivity index (χ4n) is 2.48. The van der Waals surface area contributed by atoms with Crippen molar-refractivity contribution in [1.82, 2.24) is 15.3 Å². The highest BCUT2D eigenvalue weighted by atomic mass is 35.5. The molecule has 1 amide bonds. The normalized spacial score (nSPS) is 10.4. The first-order valence-electron chi connectivity index (χ1n) is 8.28. The van der Waals surface area contributed by atoms with E-state index < -0.39 is 0 Å². The highest BCUT2D eigenvalue weighted by Gasteiger charge is 2.07. The number of aryl methyl sites for hydroxylation is 1. The van der Waals surface area contributed by atoms with Gasteiger partial charge in [0.25, 0.3) is 5.91 Å². The summed E-state index contributed by atoms with van der Waals surface area (Å²) in [6, 6.07) is 15.5. The molecule has 0 atom stereocenters. The lowest BCUT2D eigenvalue weighted by atomic mass is 10.1. The van der Waals surface area contributed by atoms with Gasteiger partial charge in [0.1, 0.15) is 0 Å². The number of halogens is 1. The molecule has 2 N–H and O–H groups in total. The van der Waals surface area contributed by atoms with E-state index in [0.29, 0.717) is 29.5 Å². The van der Waals surface area contributed by atoms with Crippen LogP contribution in [0.1, 0.15) is 21.5 Å². The Morgan fingerprint density at radius 3 is 2.58 bits per heavy atom. The minimum Gasteiger partial charge on any atom is -0.352 e. The molecule has 0 aliphatic heterocycles. The Balaban J connectivity index is 1.53. The summed E-state index contributed by atoms with van der Waals surface area (Å²) in [5, 5.41) is 6.67. The number of amides is 1. The molecule has 6 heteroatoms. The summed E-state index contributed by atoms with van der Waals surface area (Å²) in [5.41, 5.74) is 3.55. The molecule has 0 saturated carbocycles. The summed E-state index contributed by atoms with van der Waals surface area (Å²) < 4.78 is 0. The van der Waals surface area contributed by atoms with E-state index >= 15 is 0 Å². The van der Waals surface area contributed by atoms with Gasteiger partial charge in [-0.15, -0.1) is 0 Å². The number of rotatable bonds is 6. The van der Waals surface area contributed by atoms with Crippen LogP contribution < -0.4 is 10.6 Å². The topological polar surface area (TPSA) is 66.9 Å². The molecule has 0 aliphatic carbocycles. The van der Waals surface area contributed by atoms with Gasteiger partial charge in [0.05, 0.1) is 5.56 Å². The Hall–Kier alpha value is -2.92. The molecule has 1 heterocycles. The van der Waals surface area contributed by atoms with Gasteiger partial charge < -0.3 is 10.6 Å². The first-order chi connectivity index (χ1) is 12.6. The van der Waals surface area contributed by atoms with E-state index in [1.54, 1.807) is 0 Å². The summed E-state index contributed by atoms with van der Waals surface area (Å²) in [5.74, 6) is 0.250. The van der Waals surface area contributed by atoms with Crippen molar-refractivity contribution in [3.05, 3.63) is 82.6 Å². The molecule has 0 fully saturated rings. The molecule has 0 bridgehead atoms. The average Bonchev–Trinajstić information content (AvgIpc) is 2.62. The van der Waals surface area contributed by atoms with Crippen LogP contribution in [0.3, 0.4) is 0 Å². The second-order valence-corrected chi connectivity index (χ2v) is 6.36. The van der Waals surface area contributed by atoms with E-state index in [1.807, 2.05) is 55.5 Å². The average molecular weight is 367 g/mol. The third kappa shape index (κ3) is 5.04. The summed E-state index contributed by atoms with van der Waals surface area (Å²) >= 11 is 5.95. The lowest BCUT2D eigenvalue weighted by Crippen LogP contribution is -2.26. The Kier molecular flexibility index (Phi) is 5.81. The third-order valence-corrected chi connectivity index (χ3v) is 4.01.